The summed E-state index contributed by atoms with van der Waals surface area (Å²) in [7, 11) is 0. The second-order valence-corrected chi connectivity index (χ2v) is 8.73. The van der Waals surface area contributed by atoms with Crippen LogP contribution in [0.2, 0.25) is 0 Å². The molecule has 0 bridgehead atoms. The fourth-order valence-electron chi connectivity index (χ4n) is 3.94. The Kier molecular flexibility index (Phi) is 5.73. The summed E-state index contributed by atoms with van der Waals surface area (Å²) in [6.45, 7) is 0.494. The molecule has 0 spiro atoms. The van der Waals surface area contributed by atoms with Crippen LogP contribution in [0.1, 0.15) is 22.3 Å². The van der Waals surface area contributed by atoms with Crippen LogP contribution in [-0.4, -0.2) is 5.11 Å². The van der Waals surface area contributed by atoms with E-state index in [2.05, 4.69) is 0 Å². The minimum atomic E-state index is -0.501. The Hall–Kier alpha value is -3.44. The molecule has 4 aromatic rings. The summed E-state index contributed by atoms with van der Waals surface area (Å²) in [4.78, 5) is 13.0. The Labute approximate surface area is 190 Å². The number of hydrogen-bond donors (Lipinski definition) is 1. The molecule has 0 amide bonds. The molecule has 0 fully saturated rings. The SMILES string of the molecule is O=c1oc2c(c(O)c1SCc1ccccc1)CCc1cc(OCc3ccccc3)ccc1-2. The zero-order valence-electron chi connectivity index (χ0n) is 17.4. The van der Waals surface area contributed by atoms with Gasteiger partial charge in [0, 0.05) is 16.9 Å². The van der Waals surface area contributed by atoms with E-state index in [1.807, 2.05) is 78.9 Å². The molecule has 0 aliphatic heterocycles. The Morgan fingerprint density at radius 2 is 1.62 bits per heavy atom. The van der Waals surface area contributed by atoms with Gasteiger partial charge in [-0.3, -0.25) is 0 Å². The third-order valence-corrected chi connectivity index (χ3v) is 6.72. The lowest BCUT2D eigenvalue weighted by atomic mass is 9.89. The molecule has 32 heavy (non-hydrogen) atoms. The zero-order valence-corrected chi connectivity index (χ0v) is 18.2. The molecule has 160 valence electrons. The summed E-state index contributed by atoms with van der Waals surface area (Å²) in [5, 5.41) is 10.9. The minimum Gasteiger partial charge on any atom is -0.506 e. The number of rotatable bonds is 6. The molecule has 1 N–H and O–H groups in total. The van der Waals surface area contributed by atoms with Gasteiger partial charge >= 0.3 is 5.63 Å². The van der Waals surface area contributed by atoms with Crippen molar-refractivity contribution < 1.29 is 14.3 Å². The maximum atomic E-state index is 12.7. The predicted molar refractivity (Wildman–Crippen MR) is 126 cm³/mol. The monoisotopic (exact) mass is 442 g/mol. The Bertz CT molecular complexity index is 1300. The largest absolute Gasteiger partial charge is 0.506 e. The maximum absolute atomic E-state index is 12.7. The van der Waals surface area contributed by atoms with Crippen LogP contribution in [0.25, 0.3) is 11.3 Å². The molecule has 3 aromatic carbocycles. The fraction of sp³-hybridized carbons (Fsp3) is 0.148. The van der Waals surface area contributed by atoms with Gasteiger partial charge in [-0.1, -0.05) is 60.7 Å². The van der Waals surface area contributed by atoms with E-state index in [-0.39, 0.29) is 10.6 Å². The first-order valence-electron chi connectivity index (χ1n) is 10.5. The quantitative estimate of drug-likeness (QED) is 0.372. The number of thioether (sulfide) groups is 1. The molecule has 5 heteroatoms. The van der Waals surface area contributed by atoms with Crippen LogP contribution in [0.4, 0.5) is 0 Å². The minimum absolute atomic E-state index is 0.0484. The molecule has 1 heterocycles. The highest BCUT2D eigenvalue weighted by Crippen LogP contribution is 2.42. The summed E-state index contributed by atoms with van der Waals surface area (Å²) < 4.78 is 11.7. The molecule has 1 aromatic heterocycles. The van der Waals surface area contributed by atoms with Crippen molar-refractivity contribution >= 4 is 11.8 Å². The third-order valence-electron chi connectivity index (χ3n) is 5.60. The van der Waals surface area contributed by atoms with Crippen molar-refractivity contribution in [1.29, 1.82) is 0 Å². The summed E-state index contributed by atoms with van der Waals surface area (Å²) in [5.74, 6) is 1.88. The van der Waals surface area contributed by atoms with Gasteiger partial charge in [0.15, 0.2) is 0 Å². The van der Waals surface area contributed by atoms with Gasteiger partial charge in [0.05, 0.1) is 0 Å². The second kappa shape index (κ2) is 8.97. The fourth-order valence-corrected chi connectivity index (χ4v) is 4.86. The smallest absolute Gasteiger partial charge is 0.353 e. The van der Waals surface area contributed by atoms with Crippen molar-refractivity contribution in [3.05, 3.63) is 112 Å². The van der Waals surface area contributed by atoms with Gasteiger partial charge in [0.25, 0.3) is 0 Å². The molecule has 1 aliphatic rings. The van der Waals surface area contributed by atoms with Crippen molar-refractivity contribution in [2.24, 2.45) is 0 Å². The lowest BCUT2D eigenvalue weighted by Crippen LogP contribution is -2.12. The van der Waals surface area contributed by atoms with E-state index < -0.39 is 5.63 Å². The Morgan fingerprint density at radius 3 is 2.38 bits per heavy atom. The third kappa shape index (κ3) is 4.16. The number of benzene rings is 3. The lowest BCUT2D eigenvalue weighted by molar-refractivity contribution is 0.306. The van der Waals surface area contributed by atoms with Crippen LogP contribution < -0.4 is 10.4 Å². The highest BCUT2D eigenvalue weighted by Gasteiger charge is 2.26. The van der Waals surface area contributed by atoms with Crippen molar-refractivity contribution in [3.63, 3.8) is 0 Å². The molecule has 5 rings (SSSR count). The molecular formula is C27H22O4S. The Balaban J connectivity index is 1.39. The number of aromatic hydroxyl groups is 1. The van der Waals surface area contributed by atoms with Crippen LogP contribution >= 0.6 is 11.8 Å². The number of hydrogen-bond acceptors (Lipinski definition) is 5. The van der Waals surface area contributed by atoms with Crippen molar-refractivity contribution in [1.82, 2.24) is 0 Å². The normalized spacial score (nSPS) is 12.1. The first-order chi connectivity index (χ1) is 15.7. The van der Waals surface area contributed by atoms with Crippen LogP contribution in [0.3, 0.4) is 0 Å². The molecule has 4 nitrogen and oxygen atoms in total. The highest BCUT2D eigenvalue weighted by atomic mass is 32.2. The van der Waals surface area contributed by atoms with E-state index in [0.717, 1.165) is 34.4 Å². The molecular weight excluding hydrogens is 420 g/mol. The van der Waals surface area contributed by atoms with E-state index >= 15 is 0 Å². The molecule has 0 saturated heterocycles. The van der Waals surface area contributed by atoms with Crippen LogP contribution in [-0.2, 0) is 25.2 Å². The topological polar surface area (TPSA) is 59.7 Å². The molecule has 0 saturated carbocycles. The van der Waals surface area contributed by atoms with Gasteiger partial charge in [-0.05, 0) is 47.7 Å². The standard InChI is InChI=1S/C27H22O4S/c28-24-23-13-11-20-15-21(30-16-18-7-3-1-4-8-18)12-14-22(20)25(23)31-27(29)26(24)32-17-19-9-5-2-6-10-19/h1-10,12,14-15,28H,11,13,16-17H2. The first kappa shape index (κ1) is 20.5. The van der Waals surface area contributed by atoms with Crippen LogP contribution in [0.5, 0.6) is 11.5 Å². The molecule has 0 radical (unpaired) electrons. The predicted octanol–water partition coefficient (Wildman–Crippen LogP) is 5.98. The first-order valence-corrected chi connectivity index (χ1v) is 11.5. The van der Waals surface area contributed by atoms with Gasteiger partial charge in [-0.15, -0.1) is 11.8 Å². The summed E-state index contributed by atoms with van der Waals surface area (Å²) in [6, 6.07) is 25.7. The van der Waals surface area contributed by atoms with Gasteiger partial charge in [-0.2, -0.15) is 0 Å². The van der Waals surface area contributed by atoms with Gasteiger partial charge in [0.2, 0.25) is 0 Å². The van der Waals surface area contributed by atoms with Crippen LogP contribution in [0, 0.1) is 0 Å². The highest BCUT2D eigenvalue weighted by molar-refractivity contribution is 7.98. The molecule has 1 aliphatic carbocycles. The van der Waals surface area contributed by atoms with Gasteiger partial charge in [0.1, 0.15) is 28.8 Å². The summed E-state index contributed by atoms with van der Waals surface area (Å²) >= 11 is 1.31. The van der Waals surface area contributed by atoms with Crippen molar-refractivity contribution in [2.45, 2.75) is 30.1 Å². The number of fused-ring (bicyclic) bond motifs is 3. The van der Waals surface area contributed by atoms with E-state index in [4.69, 9.17) is 9.15 Å². The number of ether oxygens (including phenoxy) is 1. The van der Waals surface area contributed by atoms with E-state index in [1.54, 1.807) is 0 Å². The van der Waals surface area contributed by atoms with Crippen molar-refractivity contribution in [2.75, 3.05) is 0 Å². The molecule has 0 atom stereocenters. The van der Waals surface area contributed by atoms with E-state index in [0.29, 0.717) is 30.1 Å². The number of aryl methyl sites for hydroxylation is 1. The lowest BCUT2D eigenvalue weighted by Gasteiger charge is -2.21. The summed E-state index contributed by atoms with van der Waals surface area (Å²) in [6.07, 6.45) is 1.36. The average Bonchev–Trinajstić information content (AvgIpc) is 2.83. The summed E-state index contributed by atoms with van der Waals surface area (Å²) in [5.41, 5.74) is 4.28. The Morgan fingerprint density at radius 1 is 0.906 bits per heavy atom. The molecule has 0 unspecified atom stereocenters. The zero-order chi connectivity index (χ0) is 21.9. The van der Waals surface area contributed by atoms with Gasteiger partial charge in [-0.25, -0.2) is 4.79 Å². The maximum Gasteiger partial charge on any atom is 0.353 e. The van der Waals surface area contributed by atoms with Crippen LogP contribution in [0.15, 0.2) is 93.0 Å². The van der Waals surface area contributed by atoms with Crippen molar-refractivity contribution in [3.8, 4) is 22.8 Å². The van der Waals surface area contributed by atoms with E-state index in [1.165, 1.54) is 11.8 Å². The van der Waals surface area contributed by atoms with E-state index in [9.17, 15) is 9.90 Å². The van der Waals surface area contributed by atoms with Gasteiger partial charge < -0.3 is 14.3 Å². The average molecular weight is 443 g/mol. The second-order valence-electron chi connectivity index (χ2n) is 7.74.